The van der Waals surface area contributed by atoms with Crippen LogP contribution in [0.5, 0.6) is 0 Å². The van der Waals surface area contributed by atoms with Gasteiger partial charge in [-0.1, -0.05) is 13.0 Å². The van der Waals surface area contributed by atoms with Crippen molar-refractivity contribution in [1.82, 2.24) is 5.32 Å². The van der Waals surface area contributed by atoms with Gasteiger partial charge < -0.3 is 5.32 Å². The first-order chi connectivity index (χ1) is 9.43. The highest BCUT2D eigenvalue weighted by molar-refractivity contribution is 5.23. The topological polar surface area (TPSA) is 12.0 Å². The molecule has 20 heavy (non-hydrogen) atoms. The Hall–Kier alpha value is -1.10. The van der Waals surface area contributed by atoms with Gasteiger partial charge in [0.25, 0.3) is 0 Å². The van der Waals surface area contributed by atoms with E-state index in [2.05, 4.69) is 5.32 Å². The van der Waals surface area contributed by atoms with Crippen LogP contribution in [-0.4, -0.2) is 12.5 Å². The van der Waals surface area contributed by atoms with E-state index in [4.69, 9.17) is 0 Å². The largest absolute Gasteiger partial charge is 0.310 e. The summed E-state index contributed by atoms with van der Waals surface area (Å²) >= 11 is 0. The van der Waals surface area contributed by atoms with Crippen molar-refractivity contribution >= 4 is 0 Å². The summed E-state index contributed by atoms with van der Waals surface area (Å²) in [5.74, 6) is -3.89. The van der Waals surface area contributed by atoms with Gasteiger partial charge in [0.05, 0.1) is 0 Å². The predicted molar refractivity (Wildman–Crippen MR) is 69.7 cm³/mol. The van der Waals surface area contributed by atoms with E-state index in [0.29, 0.717) is 24.9 Å². The molecule has 1 N–H and O–H groups in total. The molecule has 1 unspecified atom stereocenters. The summed E-state index contributed by atoms with van der Waals surface area (Å²) in [5, 5.41) is 3.15. The van der Waals surface area contributed by atoms with Gasteiger partial charge in [-0.05, 0) is 31.4 Å². The van der Waals surface area contributed by atoms with Crippen LogP contribution in [0.2, 0.25) is 0 Å². The second-order valence-corrected chi connectivity index (χ2v) is 5.39. The van der Waals surface area contributed by atoms with Gasteiger partial charge in [-0.3, -0.25) is 0 Å². The van der Waals surface area contributed by atoms with Crippen LogP contribution in [0.4, 0.5) is 17.6 Å². The Labute approximate surface area is 116 Å². The fourth-order valence-corrected chi connectivity index (χ4v) is 2.90. The molecule has 0 aromatic heterocycles. The highest BCUT2D eigenvalue weighted by atomic mass is 19.3. The highest BCUT2D eigenvalue weighted by Gasteiger charge is 2.38. The second-order valence-electron chi connectivity index (χ2n) is 5.39. The van der Waals surface area contributed by atoms with Crippen molar-refractivity contribution in [1.29, 1.82) is 0 Å². The first kappa shape index (κ1) is 15.3. The van der Waals surface area contributed by atoms with Crippen LogP contribution in [0, 0.1) is 17.6 Å². The van der Waals surface area contributed by atoms with Gasteiger partial charge >= 0.3 is 0 Å². The summed E-state index contributed by atoms with van der Waals surface area (Å²) in [6.07, 6.45) is 0.369. The standard InChI is InChI=1S/C15H19F4N/c1-2-20-14(10-5-7-15(18,19)8-6-10)12-4-3-11(16)9-13(12)17/h3-4,9-10,14,20H,2,5-8H2,1H3. The van der Waals surface area contributed by atoms with E-state index >= 15 is 0 Å². The average molecular weight is 289 g/mol. The first-order valence-electron chi connectivity index (χ1n) is 6.99. The summed E-state index contributed by atoms with van der Waals surface area (Å²) in [5.41, 5.74) is 0.364. The summed E-state index contributed by atoms with van der Waals surface area (Å²) in [4.78, 5) is 0. The van der Waals surface area contributed by atoms with E-state index in [1.54, 1.807) is 0 Å². The Balaban J connectivity index is 2.19. The minimum atomic E-state index is -2.60. The van der Waals surface area contributed by atoms with Crippen LogP contribution in [-0.2, 0) is 0 Å². The zero-order chi connectivity index (χ0) is 14.8. The molecule has 1 nitrogen and oxygen atoms in total. The molecule has 1 aliphatic carbocycles. The Morgan fingerprint density at radius 1 is 1.25 bits per heavy atom. The van der Waals surface area contributed by atoms with E-state index in [1.165, 1.54) is 12.1 Å². The fourth-order valence-electron chi connectivity index (χ4n) is 2.90. The second kappa shape index (κ2) is 6.12. The van der Waals surface area contributed by atoms with Crippen LogP contribution in [0.3, 0.4) is 0 Å². The van der Waals surface area contributed by atoms with Crippen LogP contribution in [0.25, 0.3) is 0 Å². The minimum absolute atomic E-state index is 0.0467. The quantitative estimate of drug-likeness (QED) is 0.808. The van der Waals surface area contributed by atoms with Crippen molar-refractivity contribution in [2.45, 2.75) is 44.6 Å². The van der Waals surface area contributed by atoms with E-state index in [1.807, 2.05) is 6.92 Å². The third kappa shape index (κ3) is 3.51. The number of alkyl halides is 2. The maximum absolute atomic E-state index is 13.9. The smallest absolute Gasteiger partial charge is 0.248 e. The van der Waals surface area contributed by atoms with Crippen molar-refractivity contribution in [2.75, 3.05) is 6.54 Å². The van der Waals surface area contributed by atoms with Crippen molar-refractivity contribution in [3.05, 3.63) is 35.4 Å². The van der Waals surface area contributed by atoms with Gasteiger partial charge in [-0.25, -0.2) is 17.6 Å². The Bertz CT molecular complexity index is 451. The van der Waals surface area contributed by atoms with Crippen LogP contribution >= 0.6 is 0 Å². The molecular weight excluding hydrogens is 270 g/mol. The summed E-state index contributed by atoms with van der Waals surface area (Å²) < 4.78 is 53.3. The van der Waals surface area contributed by atoms with Crippen molar-refractivity contribution in [2.24, 2.45) is 5.92 Å². The molecular formula is C15H19F4N. The van der Waals surface area contributed by atoms with Crippen LogP contribution in [0.1, 0.15) is 44.2 Å². The third-order valence-corrected chi connectivity index (χ3v) is 3.95. The van der Waals surface area contributed by atoms with Gasteiger partial charge in [0, 0.05) is 30.5 Å². The number of hydrogen-bond acceptors (Lipinski definition) is 1. The first-order valence-corrected chi connectivity index (χ1v) is 6.99. The molecule has 0 bridgehead atoms. The Kier molecular flexibility index (Phi) is 4.68. The van der Waals surface area contributed by atoms with Gasteiger partial charge in [0.15, 0.2) is 0 Å². The van der Waals surface area contributed by atoms with E-state index in [0.717, 1.165) is 6.07 Å². The number of halogens is 4. The van der Waals surface area contributed by atoms with Gasteiger partial charge in [0.2, 0.25) is 5.92 Å². The molecule has 1 fully saturated rings. The molecule has 112 valence electrons. The van der Waals surface area contributed by atoms with Gasteiger partial charge in [-0.15, -0.1) is 0 Å². The van der Waals surface area contributed by atoms with Crippen LogP contribution < -0.4 is 5.32 Å². The molecule has 0 aliphatic heterocycles. The maximum Gasteiger partial charge on any atom is 0.248 e. The molecule has 0 heterocycles. The number of nitrogens with one attached hydrogen (secondary N) is 1. The molecule has 1 atom stereocenters. The maximum atomic E-state index is 13.9. The zero-order valence-electron chi connectivity index (χ0n) is 11.4. The number of rotatable bonds is 4. The molecule has 0 radical (unpaired) electrons. The van der Waals surface area contributed by atoms with Gasteiger partial charge in [-0.2, -0.15) is 0 Å². The SMILES string of the molecule is CCNC(c1ccc(F)cc1F)C1CCC(F)(F)CC1. The Morgan fingerprint density at radius 2 is 1.90 bits per heavy atom. The van der Waals surface area contributed by atoms with Gasteiger partial charge in [0.1, 0.15) is 11.6 Å². The molecule has 5 heteroatoms. The molecule has 0 amide bonds. The van der Waals surface area contributed by atoms with E-state index in [-0.39, 0.29) is 24.8 Å². The summed E-state index contributed by atoms with van der Waals surface area (Å²) in [6, 6.07) is 3.12. The molecule has 2 rings (SSSR count). The average Bonchev–Trinajstić information content (AvgIpc) is 2.37. The van der Waals surface area contributed by atoms with Crippen LogP contribution in [0.15, 0.2) is 18.2 Å². The minimum Gasteiger partial charge on any atom is -0.310 e. The number of benzene rings is 1. The monoisotopic (exact) mass is 289 g/mol. The van der Waals surface area contributed by atoms with Crippen molar-refractivity contribution in [3.8, 4) is 0 Å². The van der Waals surface area contributed by atoms with E-state index < -0.39 is 17.6 Å². The molecule has 1 aliphatic rings. The van der Waals surface area contributed by atoms with Crippen molar-refractivity contribution < 1.29 is 17.6 Å². The molecule has 1 aromatic carbocycles. The predicted octanol–water partition coefficient (Wildman–Crippen LogP) is 4.44. The zero-order valence-corrected chi connectivity index (χ0v) is 11.4. The summed E-state index contributed by atoms with van der Waals surface area (Å²) in [7, 11) is 0. The molecule has 1 saturated carbocycles. The fraction of sp³-hybridized carbons (Fsp3) is 0.600. The molecule has 0 saturated heterocycles. The number of hydrogen-bond donors (Lipinski definition) is 1. The lowest BCUT2D eigenvalue weighted by atomic mass is 9.79. The molecule has 0 spiro atoms. The lowest BCUT2D eigenvalue weighted by Gasteiger charge is -2.34. The highest BCUT2D eigenvalue weighted by Crippen LogP contribution is 2.41. The Morgan fingerprint density at radius 3 is 2.45 bits per heavy atom. The third-order valence-electron chi connectivity index (χ3n) is 3.95. The van der Waals surface area contributed by atoms with Crippen molar-refractivity contribution in [3.63, 3.8) is 0 Å². The lowest BCUT2D eigenvalue weighted by molar-refractivity contribution is -0.0498. The summed E-state index contributed by atoms with van der Waals surface area (Å²) in [6.45, 7) is 2.49. The molecule has 1 aromatic rings. The van der Waals surface area contributed by atoms with E-state index in [9.17, 15) is 17.6 Å². The normalized spacial score (nSPS) is 20.9. The lowest BCUT2D eigenvalue weighted by Crippen LogP contribution is -2.34.